The lowest BCUT2D eigenvalue weighted by atomic mass is 10.2. The Labute approximate surface area is 56.2 Å². The highest BCUT2D eigenvalue weighted by Gasteiger charge is 2.08. The SMILES string of the molecule is CCOC(C)C(=O)CC. The van der Waals surface area contributed by atoms with Crippen LogP contribution in [0.15, 0.2) is 0 Å². The van der Waals surface area contributed by atoms with Gasteiger partial charge >= 0.3 is 0 Å². The molecule has 0 radical (unpaired) electrons. The Kier molecular flexibility index (Phi) is 4.32. The molecule has 9 heavy (non-hydrogen) atoms. The lowest BCUT2D eigenvalue weighted by Crippen LogP contribution is -2.19. The van der Waals surface area contributed by atoms with Gasteiger partial charge in [-0.25, -0.2) is 0 Å². The van der Waals surface area contributed by atoms with Crippen LogP contribution in [0.25, 0.3) is 0 Å². The summed E-state index contributed by atoms with van der Waals surface area (Å²) in [5, 5.41) is 0. The minimum atomic E-state index is -0.208. The molecule has 0 amide bonds. The number of Topliss-reactive ketones (excluding diaryl/α,β-unsaturated/α-hetero) is 1. The van der Waals surface area contributed by atoms with Crippen LogP contribution in [0.3, 0.4) is 0 Å². The van der Waals surface area contributed by atoms with E-state index in [2.05, 4.69) is 0 Å². The third-order valence-electron chi connectivity index (χ3n) is 1.22. The number of carbonyl (C=O) groups excluding carboxylic acids is 1. The van der Waals surface area contributed by atoms with Crippen LogP contribution in [0, 0.1) is 0 Å². The summed E-state index contributed by atoms with van der Waals surface area (Å²) < 4.78 is 5.04. The molecule has 0 aliphatic carbocycles. The lowest BCUT2D eigenvalue weighted by Gasteiger charge is -2.07. The number of ketones is 1. The van der Waals surface area contributed by atoms with Crippen molar-refractivity contribution in [3.63, 3.8) is 0 Å². The molecule has 0 saturated carbocycles. The second-order valence-corrected chi connectivity index (χ2v) is 1.92. The standard InChI is InChI=1S/C7H14O2/c1-4-7(8)6(3)9-5-2/h6H,4-5H2,1-3H3. The van der Waals surface area contributed by atoms with E-state index in [0.29, 0.717) is 13.0 Å². The van der Waals surface area contributed by atoms with E-state index in [4.69, 9.17) is 4.74 Å². The number of hydrogen-bond donors (Lipinski definition) is 0. The predicted octanol–water partition coefficient (Wildman–Crippen LogP) is 1.39. The van der Waals surface area contributed by atoms with E-state index in [1.54, 1.807) is 6.92 Å². The largest absolute Gasteiger partial charge is 0.371 e. The van der Waals surface area contributed by atoms with Crippen molar-refractivity contribution in [2.24, 2.45) is 0 Å². The zero-order chi connectivity index (χ0) is 7.28. The van der Waals surface area contributed by atoms with Crippen molar-refractivity contribution in [2.75, 3.05) is 6.61 Å². The quantitative estimate of drug-likeness (QED) is 0.574. The third-order valence-corrected chi connectivity index (χ3v) is 1.22. The van der Waals surface area contributed by atoms with Gasteiger partial charge in [-0.05, 0) is 13.8 Å². The molecule has 54 valence electrons. The Morgan fingerprint density at radius 2 is 2.11 bits per heavy atom. The summed E-state index contributed by atoms with van der Waals surface area (Å²) in [6.07, 6.45) is 0.362. The molecule has 1 atom stereocenters. The zero-order valence-electron chi connectivity index (χ0n) is 6.31. The molecule has 0 aliphatic heterocycles. The summed E-state index contributed by atoms with van der Waals surface area (Å²) in [5.41, 5.74) is 0. The normalized spacial score (nSPS) is 13.2. The summed E-state index contributed by atoms with van der Waals surface area (Å²) in [7, 11) is 0. The van der Waals surface area contributed by atoms with Gasteiger partial charge < -0.3 is 4.74 Å². The van der Waals surface area contributed by atoms with Crippen LogP contribution in [0.2, 0.25) is 0 Å². The minimum absolute atomic E-state index is 0.178. The highest BCUT2D eigenvalue weighted by Crippen LogP contribution is 1.94. The number of ether oxygens (including phenoxy) is 1. The van der Waals surface area contributed by atoms with E-state index in [9.17, 15) is 4.79 Å². The van der Waals surface area contributed by atoms with Crippen LogP contribution < -0.4 is 0 Å². The summed E-state index contributed by atoms with van der Waals surface area (Å²) in [6.45, 7) is 6.14. The van der Waals surface area contributed by atoms with Crippen LogP contribution in [0.4, 0.5) is 0 Å². The number of hydrogen-bond acceptors (Lipinski definition) is 2. The predicted molar refractivity (Wildman–Crippen MR) is 36.4 cm³/mol. The molecule has 0 heterocycles. The summed E-state index contributed by atoms with van der Waals surface area (Å²) in [6, 6.07) is 0. The van der Waals surface area contributed by atoms with Crippen molar-refractivity contribution in [1.29, 1.82) is 0 Å². The zero-order valence-corrected chi connectivity index (χ0v) is 6.31. The Bertz CT molecular complexity index is 88.9. The van der Waals surface area contributed by atoms with Crippen molar-refractivity contribution in [2.45, 2.75) is 33.3 Å². The Hall–Kier alpha value is -0.370. The van der Waals surface area contributed by atoms with E-state index in [-0.39, 0.29) is 11.9 Å². The monoisotopic (exact) mass is 130 g/mol. The maximum Gasteiger partial charge on any atom is 0.160 e. The van der Waals surface area contributed by atoms with Gasteiger partial charge in [-0.1, -0.05) is 6.92 Å². The molecule has 0 spiro atoms. The van der Waals surface area contributed by atoms with Crippen molar-refractivity contribution in [3.05, 3.63) is 0 Å². The van der Waals surface area contributed by atoms with Gasteiger partial charge in [0.2, 0.25) is 0 Å². The van der Waals surface area contributed by atoms with E-state index in [0.717, 1.165) is 0 Å². The maximum absolute atomic E-state index is 10.8. The molecule has 2 heteroatoms. The first-order chi connectivity index (χ1) is 4.22. The van der Waals surface area contributed by atoms with Gasteiger partial charge in [-0.2, -0.15) is 0 Å². The molecule has 0 aliphatic rings. The van der Waals surface area contributed by atoms with E-state index >= 15 is 0 Å². The van der Waals surface area contributed by atoms with E-state index < -0.39 is 0 Å². The molecule has 0 fully saturated rings. The molecule has 0 aromatic carbocycles. The molecule has 0 aromatic heterocycles. The van der Waals surface area contributed by atoms with Crippen molar-refractivity contribution >= 4 is 5.78 Å². The van der Waals surface area contributed by atoms with Gasteiger partial charge in [0, 0.05) is 13.0 Å². The van der Waals surface area contributed by atoms with E-state index in [1.165, 1.54) is 0 Å². The van der Waals surface area contributed by atoms with Crippen LogP contribution >= 0.6 is 0 Å². The molecule has 0 N–H and O–H groups in total. The second kappa shape index (κ2) is 4.50. The molecular formula is C7H14O2. The van der Waals surface area contributed by atoms with Crippen molar-refractivity contribution in [1.82, 2.24) is 0 Å². The van der Waals surface area contributed by atoms with Gasteiger partial charge in [0.15, 0.2) is 5.78 Å². The molecule has 0 aromatic rings. The molecule has 1 unspecified atom stereocenters. The van der Waals surface area contributed by atoms with Gasteiger partial charge in [0.25, 0.3) is 0 Å². The third kappa shape index (κ3) is 3.25. The highest BCUT2D eigenvalue weighted by molar-refractivity contribution is 5.82. The fourth-order valence-corrected chi connectivity index (χ4v) is 0.630. The lowest BCUT2D eigenvalue weighted by molar-refractivity contribution is -0.128. The van der Waals surface area contributed by atoms with Crippen molar-refractivity contribution < 1.29 is 9.53 Å². The first-order valence-corrected chi connectivity index (χ1v) is 3.36. The van der Waals surface area contributed by atoms with Gasteiger partial charge in [0.1, 0.15) is 6.10 Å². The first kappa shape index (κ1) is 8.63. The number of rotatable bonds is 4. The van der Waals surface area contributed by atoms with Crippen LogP contribution in [-0.2, 0) is 9.53 Å². The van der Waals surface area contributed by atoms with E-state index in [1.807, 2.05) is 13.8 Å². The fourth-order valence-electron chi connectivity index (χ4n) is 0.630. The average molecular weight is 130 g/mol. The molecule has 0 saturated heterocycles. The fraction of sp³-hybridized carbons (Fsp3) is 0.857. The minimum Gasteiger partial charge on any atom is -0.371 e. The van der Waals surface area contributed by atoms with Crippen LogP contribution in [-0.4, -0.2) is 18.5 Å². The molecule has 0 rings (SSSR count). The van der Waals surface area contributed by atoms with Crippen molar-refractivity contribution in [3.8, 4) is 0 Å². The Morgan fingerprint density at radius 1 is 1.56 bits per heavy atom. The molecule has 0 bridgehead atoms. The number of carbonyl (C=O) groups is 1. The van der Waals surface area contributed by atoms with Crippen LogP contribution in [0.1, 0.15) is 27.2 Å². The summed E-state index contributed by atoms with van der Waals surface area (Å²) in [4.78, 5) is 10.8. The summed E-state index contributed by atoms with van der Waals surface area (Å²) in [5.74, 6) is 0.178. The van der Waals surface area contributed by atoms with Crippen LogP contribution in [0.5, 0.6) is 0 Å². The summed E-state index contributed by atoms with van der Waals surface area (Å²) >= 11 is 0. The maximum atomic E-state index is 10.8. The highest BCUT2D eigenvalue weighted by atomic mass is 16.5. The topological polar surface area (TPSA) is 26.3 Å². The molecule has 2 nitrogen and oxygen atoms in total. The average Bonchev–Trinajstić information content (AvgIpc) is 1.87. The Balaban J connectivity index is 3.45. The van der Waals surface area contributed by atoms with Gasteiger partial charge in [-0.15, -0.1) is 0 Å². The van der Waals surface area contributed by atoms with Gasteiger partial charge in [0.05, 0.1) is 0 Å². The van der Waals surface area contributed by atoms with Gasteiger partial charge in [-0.3, -0.25) is 4.79 Å². The smallest absolute Gasteiger partial charge is 0.160 e. The first-order valence-electron chi connectivity index (χ1n) is 3.36. The Morgan fingerprint density at radius 3 is 2.44 bits per heavy atom. The molecular weight excluding hydrogens is 116 g/mol. The second-order valence-electron chi connectivity index (χ2n) is 1.92.